The first-order valence-corrected chi connectivity index (χ1v) is 7.55. The van der Waals surface area contributed by atoms with Crippen molar-refractivity contribution >= 4 is 17.9 Å². The van der Waals surface area contributed by atoms with Gasteiger partial charge in [-0.1, -0.05) is 6.58 Å². The van der Waals surface area contributed by atoms with Crippen LogP contribution in [-0.2, 0) is 28.6 Å². The highest BCUT2D eigenvalue weighted by Crippen LogP contribution is 2.47. The molecule has 6 nitrogen and oxygen atoms in total. The fourth-order valence-corrected chi connectivity index (χ4v) is 1.50. The van der Waals surface area contributed by atoms with Crippen LogP contribution in [0.5, 0.6) is 0 Å². The minimum atomic E-state index is -6.41. The van der Waals surface area contributed by atoms with Gasteiger partial charge in [-0.25, -0.2) is 14.4 Å². The molecule has 0 amide bonds. The first-order chi connectivity index (χ1) is 12.2. The number of rotatable bonds is 10. The third-order valence-electron chi connectivity index (χ3n) is 3.35. The van der Waals surface area contributed by atoms with Crippen LogP contribution >= 0.6 is 0 Å². The van der Waals surface area contributed by atoms with Crippen LogP contribution < -0.4 is 0 Å². The van der Waals surface area contributed by atoms with Crippen molar-refractivity contribution in [3.05, 3.63) is 12.2 Å². The molecule has 0 spiro atoms. The Labute approximate surface area is 149 Å². The Morgan fingerprint density at radius 1 is 0.889 bits per heavy atom. The molecule has 0 aromatic rings. The average Bonchev–Trinajstić information content (AvgIpc) is 3.39. The van der Waals surface area contributed by atoms with Crippen molar-refractivity contribution in [2.24, 2.45) is 5.92 Å². The van der Waals surface area contributed by atoms with Crippen molar-refractivity contribution in [2.75, 3.05) is 19.8 Å². The van der Waals surface area contributed by atoms with Gasteiger partial charge in [0.05, 0.1) is 6.61 Å². The van der Waals surface area contributed by atoms with Crippen molar-refractivity contribution in [3.63, 3.8) is 0 Å². The second kappa shape index (κ2) is 8.17. The lowest BCUT2D eigenvalue weighted by Gasteiger charge is -2.29. The zero-order chi connectivity index (χ0) is 21.0. The Bertz CT molecular complexity index is 614. The molecule has 0 bridgehead atoms. The Morgan fingerprint density at radius 2 is 1.33 bits per heavy atom. The monoisotopic (exact) mass is 406 g/mol. The zero-order valence-electron chi connectivity index (χ0n) is 14.0. The summed E-state index contributed by atoms with van der Waals surface area (Å²) >= 11 is 0. The van der Waals surface area contributed by atoms with Gasteiger partial charge in [0, 0.05) is 5.57 Å². The Morgan fingerprint density at radius 3 is 1.78 bits per heavy atom. The van der Waals surface area contributed by atoms with Crippen LogP contribution in [0.2, 0.25) is 0 Å². The van der Waals surface area contributed by atoms with E-state index in [4.69, 9.17) is 0 Å². The van der Waals surface area contributed by atoms with Crippen LogP contribution in [0.4, 0.5) is 26.3 Å². The van der Waals surface area contributed by atoms with Gasteiger partial charge in [-0.2, -0.15) is 26.3 Å². The number of hydrogen-bond donors (Lipinski definition) is 0. The minimum absolute atomic E-state index is 0.0810. The molecule has 1 rings (SSSR count). The van der Waals surface area contributed by atoms with E-state index in [-0.39, 0.29) is 11.5 Å². The molecule has 154 valence electrons. The molecular weight excluding hydrogens is 390 g/mol. The molecule has 1 saturated carbocycles. The van der Waals surface area contributed by atoms with Crippen molar-refractivity contribution < 1.29 is 54.9 Å². The van der Waals surface area contributed by atoms with Crippen LogP contribution in [0, 0.1) is 5.92 Å². The maximum atomic E-state index is 13.6. The van der Waals surface area contributed by atoms with Crippen LogP contribution in [-0.4, -0.2) is 55.5 Å². The van der Waals surface area contributed by atoms with Gasteiger partial charge in [0.2, 0.25) is 0 Å². The maximum absolute atomic E-state index is 13.6. The third kappa shape index (κ3) is 5.13. The molecule has 27 heavy (non-hydrogen) atoms. The third-order valence-corrected chi connectivity index (χ3v) is 3.35. The van der Waals surface area contributed by atoms with Gasteiger partial charge < -0.3 is 14.2 Å². The molecule has 0 heterocycles. The molecule has 12 heteroatoms. The van der Waals surface area contributed by atoms with Crippen LogP contribution in [0.25, 0.3) is 0 Å². The van der Waals surface area contributed by atoms with E-state index in [1.807, 2.05) is 0 Å². The number of hydrogen-bond acceptors (Lipinski definition) is 6. The van der Waals surface area contributed by atoms with E-state index in [1.54, 1.807) is 0 Å². The minimum Gasteiger partial charge on any atom is -0.461 e. The Kier molecular flexibility index (Phi) is 6.89. The summed E-state index contributed by atoms with van der Waals surface area (Å²) in [6, 6.07) is 0. The van der Waals surface area contributed by atoms with E-state index >= 15 is 0 Å². The highest BCUT2D eigenvalue weighted by molar-refractivity contribution is 5.87. The largest absolute Gasteiger partial charge is 0.461 e. The predicted molar refractivity (Wildman–Crippen MR) is 75.3 cm³/mol. The van der Waals surface area contributed by atoms with Crippen molar-refractivity contribution in [2.45, 2.75) is 37.5 Å². The van der Waals surface area contributed by atoms with Gasteiger partial charge in [0.25, 0.3) is 0 Å². The van der Waals surface area contributed by atoms with Gasteiger partial charge >= 0.3 is 35.7 Å². The lowest BCUT2D eigenvalue weighted by Crippen LogP contribution is -2.61. The second-order valence-corrected chi connectivity index (χ2v) is 5.82. The smallest absolute Gasteiger partial charge is 0.411 e. The van der Waals surface area contributed by atoms with E-state index in [2.05, 4.69) is 20.8 Å². The van der Waals surface area contributed by atoms with E-state index in [1.165, 1.54) is 6.92 Å². The van der Waals surface area contributed by atoms with Crippen molar-refractivity contribution in [1.29, 1.82) is 0 Å². The summed E-state index contributed by atoms with van der Waals surface area (Å²) in [6.45, 7) is 1.90. The van der Waals surface area contributed by atoms with Crippen LogP contribution in [0.15, 0.2) is 12.2 Å². The molecule has 0 radical (unpaired) electrons. The Balaban J connectivity index is 2.69. The maximum Gasteiger partial charge on any atom is 0.411 e. The number of carbonyl (C=O) groups is 3. The number of alkyl halides is 6. The van der Waals surface area contributed by atoms with E-state index < -0.39 is 55.5 Å². The highest BCUT2D eigenvalue weighted by atomic mass is 19.3. The summed E-state index contributed by atoms with van der Waals surface area (Å²) in [7, 11) is 0. The molecular formula is C15H16F6O6. The Hall–Kier alpha value is -2.27. The molecule has 1 fully saturated rings. The fraction of sp³-hybridized carbons (Fsp3) is 0.667. The molecule has 1 aliphatic rings. The predicted octanol–water partition coefficient (Wildman–Crippen LogP) is 2.51. The van der Waals surface area contributed by atoms with E-state index in [0.717, 1.165) is 0 Å². The highest BCUT2D eigenvalue weighted by Gasteiger charge is 2.79. The number of halogens is 6. The fourth-order valence-electron chi connectivity index (χ4n) is 1.50. The normalized spacial score (nSPS) is 15.1. The lowest BCUT2D eigenvalue weighted by molar-refractivity contribution is -0.301. The summed E-state index contributed by atoms with van der Waals surface area (Å²) in [5.74, 6) is -25.6. The summed E-state index contributed by atoms with van der Waals surface area (Å²) < 4.78 is 93.3. The molecule has 0 aromatic heterocycles. The summed E-state index contributed by atoms with van der Waals surface area (Å²) in [6.07, 6.45) is 1.04. The number of carbonyl (C=O) groups excluding carboxylic acids is 3. The lowest BCUT2D eigenvalue weighted by atomic mass is 10.0. The van der Waals surface area contributed by atoms with Crippen molar-refractivity contribution in [3.8, 4) is 0 Å². The average molecular weight is 406 g/mol. The SMILES string of the molecule is C=C(C)C(=O)OCCOC(=O)C(F)(F)C(F)(F)C(F)(F)C(=O)OCC1CC1. The number of esters is 3. The zero-order valence-corrected chi connectivity index (χ0v) is 14.0. The molecule has 0 aromatic carbocycles. The molecule has 0 atom stereocenters. The van der Waals surface area contributed by atoms with Crippen LogP contribution in [0.3, 0.4) is 0 Å². The first kappa shape index (κ1) is 22.8. The molecule has 0 aliphatic heterocycles. The van der Waals surface area contributed by atoms with Crippen LogP contribution in [0.1, 0.15) is 19.8 Å². The topological polar surface area (TPSA) is 78.9 Å². The summed E-state index contributed by atoms with van der Waals surface area (Å²) in [4.78, 5) is 33.2. The van der Waals surface area contributed by atoms with Gasteiger partial charge in [-0.15, -0.1) is 0 Å². The van der Waals surface area contributed by atoms with Gasteiger partial charge in [-0.3, -0.25) is 0 Å². The first-order valence-electron chi connectivity index (χ1n) is 7.55. The standard InChI is InChI=1S/C15H16F6O6/c1-8(2)10(22)25-5-6-26-11(23)13(16,17)15(20,21)14(18,19)12(24)27-7-9-3-4-9/h9H,1,3-7H2,2H3. The number of ether oxygens (including phenoxy) is 3. The molecule has 1 aliphatic carbocycles. The van der Waals surface area contributed by atoms with Gasteiger partial charge in [-0.05, 0) is 25.7 Å². The van der Waals surface area contributed by atoms with E-state index in [0.29, 0.717) is 12.8 Å². The molecule has 0 N–H and O–H groups in total. The molecule has 0 unspecified atom stereocenters. The molecule has 0 saturated heterocycles. The quantitative estimate of drug-likeness (QED) is 0.182. The summed E-state index contributed by atoms with van der Waals surface area (Å²) in [5, 5.41) is 0. The van der Waals surface area contributed by atoms with E-state index in [9.17, 15) is 40.7 Å². The van der Waals surface area contributed by atoms with Gasteiger partial charge in [0.15, 0.2) is 0 Å². The summed E-state index contributed by atoms with van der Waals surface area (Å²) in [5.41, 5.74) is -0.0810. The van der Waals surface area contributed by atoms with Gasteiger partial charge in [0.1, 0.15) is 13.2 Å². The second-order valence-electron chi connectivity index (χ2n) is 5.82. The van der Waals surface area contributed by atoms with Crippen molar-refractivity contribution in [1.82, 2.24) is 0 Å².